The van der Waals surface area contributed by atoms with Gasteiger partial charge in [0.05, 0.1) is 6.61 Å². The third-order valence-electron chi connectivity index (χ3n) is 2.03. The van der Waals surface area contributed by atoms with Gasteiger partial charge in [0.2, 0.25) is 0 Å². The van der Waals surface area contributed by atoms with Gasteiger partial charge in [0.15, 0.2) is 0 Å². The quantitative estimate of drug-likeness (QED) is 0.493. The zero-order chi connectivity index (χ0) is 13.0. The fraction of sp³-hybridized carbons (Fsp3) is 0.364. The number of carbonyl (C=O) groups excluding carboxylic acids is 1. The molecular formula is C11H10Br3ClO2. The maximum atomic E-state index is 11.4. The van der Waals surface area contributed by atoms with Crippen LogP contribution >= 0.6 is 59.4 Å². The smallest absolute Gasteiger partial charge is 0.324 e. The average molecular weight is 449 g/mol. The number of carbonyl (C=O) groups is 1. The molecule has 0 saturated heterocycles. The van der Waals surface area contributed by atoms with Crippen LogP contribution in [0.1, 0.15) is 12.5 Å². The van der Waals surface area contributed by atoms with Crippen molar-refractivity contribution < 1.29 is 9.53 Å². The molecule has 0 aromatic heterocycles. The number of alkyl halides is 1. The molecule has 0 heterocycles. The lowest BCUT2D eigenvalue weighted by Crippen LogP contribution is -2.20. The van der Waals surface area contributed by atoms with Crippen molar-refractivity contribution in [2.45, 2.75) is 18.7 Å². The van der Waals surface area contributed by atoms with Crippen LogP contribution in [0.5, 0.6) is 0 Å². The first-order chi connectivity index (χ1) is 7.95. The lowest BCUT2D eigenvalue weighted by Gasteiger charge is -2.12. The van der Waals surface area contributed by atoms with Gasteiger partial charge in [-0.25, -0.2) is 0 Å². The minimum absolute atomic E-state index is 0.338. The summed E-state index contributed by atoms with van der Waals surface area (Å²) in [4.78, 5) is 11.4. The highest BCUT2D eigenvalue weighted by molar-refractivity contribution is 9.11. The topological polar surface area (TPSA) is 26.3 Å². The van der Waals surface area contributed by atoms with Crippen LogP contribution in [0.3, 0.4) is 0 Å². The Morgan fingerprint density at radius 1 is 1.35 bits per heavy atom. The molecule has 1 aromatic carbocycles. The highest BCUT2D eigenvalue weighted by Gasteiger charge is 2.20. The summed E-state index contributed by atoms with van der Waals surface area (Å²) < 4.78 is 7.61. The summed E-state index contributed by atoms with van der Waals surface area (Å²) in [6.45, 7) is 2.09. The zero-order valence-electron chi connectivity index (χ0n) is 8.97. The van der Waals surface area contributed by atoms with E-state index in [9.17, 15) is 4.79 Å². The minimum atomic E-state index is -0.677. The number of hydrogen-bond acceptors (Lipinski definition) is 2. The molecule has 0 aliphatic carbocycles. The van der Waals surface area contributed by atoms with Gasteiger partial charge in [-0.15, -0.1) is 11.6 Å². The third-order valence-corrected chi connectivity index (χ3v) is 4.24. The van der Waals surface area contributed by atoms with Gasteiger partial charge in [-0.1, -0.05) is 47.8 Å². The van der Waals surface area contributed by atoms with Crippen molar-refractivity contribution >= 4 is 65.4 Å². The average Bonchev–Trinajstić information content (AvgIpc) is 2.23. The fourth-order valence-corrected chi connectivity index (χ4v) is 4.06. The second-order valence-electron chi connectivity index (χ2n) is 3.27. The standard InChI is InChI=1S/C11H10Br3ClO2/c1-2-17-11(16)10(15)5-7-8(13)3-6(12)4-9(7)14/h3-4,10H,2,5H2,1H3. The molecule has 0 N–H and O–H groups in total. The molecule has 2 nitrogen and oxygen atoms in total. The van der Waals surface area contributed by atoms with E-state index < -0.39 is 11.3 Å². The van der Waals surface area contributed by atoms with Gasteiger partial charge in [-0.05, 0) is 24.6 Å². The number of halogens is 4. The Kier molecular flexibility index (Phi) is 6.48. The SMILES string of the molecule is CCOC(=O)C(Cl)Cc1c(Br)cc(Br)cc1Br. The maximum Gasteiger partial charge on any atom is 0.324 e. The van der Waals surface area contributed by atoms with Crippen molar-refractivity contribution in [3.8, 4) is 0 Å². The van der Waals surface area contributed by atoms with Gasteiger partial charge in [-0.3, -0.25) is 4.79 Å². The highest BCUT2D eigenvalue weighted by atomic mass is 79.9. The zero-order valence-corrected chi connectivity index (χ0v) is 14.5. The molecule has 0 aliphatic heterocycles. The van der Waals surface area contributed by atoms with E-state index in [1.165, 1.54) is 0 Å². The fourth-order valence-electron chi connectivity index (χ4n) is 1.26. The van der Waals surface area contributed by atoms with Crippen LogP contribution in [0, 0.1) is 0 Å². The number of ether oxygens (including phenoxy) is 1. The molecule has 0 amide bonds. The van der Waals surface area contributed by atoms with Crippen molar-refractivity contribution in [1.82, 2.24) is 0 Å². The van der Waals surface area contributed by atoms with E-state index in [0.29, 0.717) is 13.0 Å². The second kappa shape index (κ2) is 7.12. The summed E-state index contributed by atoms with van der Waals surface area (Å²) in [5.74, 6) is -0.393. The largest absolute Gasteiger partial charge is 0.465 e. The Labute approximate surface area is 130 Å². The van der Waals surface area contributed by atoms with E-state index in [1.54, 1.807) is 6.92 Å². The molecule has 0 radical (unpaired) electrons. The molecule has 1 aromatic rings. The molecule has 1 atom stereocenters. The van der Waals surface area contributed by atoms with Crippen LogP contribution in [0.4, 0.5) is 0 Å². The van der Waals surface area contributed by atoms with E-state index >= 15 is 0 Å². The van der Waals surface area contributed by atoms with E-state index in [-0.39, 0.29) is 0 Å². The van der Waals surface area contributed by atoms with Gasteiger partial charge in [0.25, 0.3) is 0 Å². The predicted octanol–water partition coefficient (Wildman–Crippen LogP) is 4.69. The summed E-state index contributed by atoms with van der Waals surface area (Å²) in [5.41, 5.74) is 0.946. The highest BCUT2D eigenvalue weighted by Crippen LogP contribution is 2.31. The van der Waals surface area contributed by atoms with Gasteiger partial charge >= 0.3 is 5.97 Å². The molecule has 1 rings (SSSR count). The summed E-state index contributed by atoms with van der Waals surface area (Å²) in [7, 11) is 0. The predicted molar refractivity (Wildman–Crippen MR) is 79.5 cm³/mol. The van der Waals surface area contributed by atoms with Crippen LogP contribution in [-0.2, 0) is 16.0 Å². The Morgan fingerprint density at radius 3 is 2.35 bits per heavy atom. The molecule has 6 heteroatoms. The van der Waals surface area contributed by atoms with Gasteiger partial charge < -0.3 is 4.74 Å². The van der Waals surface area contributed by atoms with Gasteiger partial charge in [0, 0.05) is 19.8 Å². The molecule has 0 spiro atoms. The number of hydrogen-bond donors (Lipinski definition) is 0. The summed E-state index contributed by atoms with van der Waals surface area (Å²) in [6, 6.07) is 3.82. The Hall–Kier alpha value is 0.420. The van der Waals surface area contributed by atoms with E-state index in [2.05, 4.69) is 47.8 Å². The third kappa shape index (κ3) is 4.54. The molecule has 0 bridgehead atoms. The van der Waals surface area contributed by atoms with Crippen LogP contribution in [0.25, 0.3) is 0 Å². The van der Waals surface area contributed by atoms with Crippen molar-refractivity contribution in [3.05, 3.63) is 31.1 Å². The summed E-state index contributed by atoms with van der Waals surface area (Å²) in [5, 5.41) is -0.677. The molecule has 0 fully saturated rings. The van der Waals surface area contributed by atoms with Crippen molar-refractivity contribution in [2.24, 2.45) is 0 Å². The Bertz CT molecular complexity index is 400. The first-order valence-corrected chi connectivity index (χ1v) is 7.71. The lowest BCUT2D eigenvalue weighted by molar-refractivity contribution is -0.142. The van der Waals surface area contributed by atoms with Crippen molar-refractivity contribution in [2.75, 3.05) is 6.61 Å². The minimum Gasteiger partial charge on any atom is -0.465 e. The van der Waals surface area contributed by atoms with E-state index in [4.69, 9.17) is 16.3 Å². The lowest BCUT2D eigenvalue weighted by atomic mass is 10.1. The maximum absolute atomic E-state index is 11.4. The summed E-state index contributed by atoms with van der Waals surface area (Å²) in [6.07, 6.45) is 0.412. The number of rotatable bonds is 4. The van der Waals surface area contributed by atoms with Crippen LogP contribution in [0.2, 0.25) is 0 Å². The number of benzene rings is 1. The van der Waals surface area contributed by atoms with E-state index in [1.807, 2.05) is 12.1 Å². The van der Waals surface area contributed by atoms with Crippen LogP contribution in [-0.4, -0.2) is 18.0 Å². The molecule has 1 unspecified atom stereocenters. The van der Waals surface area contributed by atoms with Gasteiger partial charge in [-0.2, -0.15) is 0 Å². The van der Waals surface area contributed by atoms with Crippen molar-refractivity contribution in [3.63, 3.8) is 0 Å². The van der Waals surface area contributed by atoms with Crippen molar-refractivity contribution in [1.29, 1.82) is 0 Å². The second-order valence-corrected chi connectivity index (χ2v) is 6.42. The normalized spacial score (nSPS) is 12.3. The first kappa shape index (κ1) is 15.5. The monoisotopic (exact) mass is 446 g/mol. The van der Waals surface area contributed by atoms with E-state index in [0.717, 1.165) is 19.0 Å². The molecule has 0 aliphatic rings. The Balaban J connectivity index is 2.85. The Morgan fingerprint density at radius 2 is 1.88 bits per heavy atom. The number of esters is 1. The molecule has 0 saturated carbocycles. The first-order valence-electron chi connectivity index (χ1n) is 4.89. The molecule has 94 valence electrons. The molecule has 17 heavy (non-hydrogen) atoms. The molecular weight excluding hydrogens is 439 g/mol. The van der Waals surface area contributed by atoms with Gasteiger partial charge in [0.1, 0.15) is 5.38 Å². The van der Waals surface area contributed by atoms with Crippen LogP contribution < -0.4 is 0 Å². The summed E-state index contributed by atoms with van der Waals surface area (Å²) >= 11 is 16.3. The van der Waals surface area contributed by atoms with Crippen LogP contribution in [0.15, 0.2) is 25.6 Å².